The van der Waals surface area contributed by atoms with E-state index in [2.05, 4.69) is 28.1 Å². The van der Waals surface area contributed by atoms with Gasteiger partial charge in [0.25, 0.3) is 5.91 Å². The molecule has 2 aromatic rings. The summed E-state index contributed by atoms with van der Waals surface area (Å²) in [7, 11) is 0. The quantitative estimate of drug-likeness (QED) is 0.757. The van der Waals surface area contributed by atoms with Gasteiger partial charge in [0.05, 0.1) is 6.04 Å². The number of hydrazine groups is 1. The monoisotopic (exact) mass is 366 g/mol. The lowest BCUT2D eigenvalue weighted by atomic mass is 9.84. The van der Waals surface area contributed by atoms with Crippen LogP contribution in [0.4, 0.5) is 5.69 Å². The molecule has 0 saturated carbocycles. The number of pyridine rings is 1. The second kappa shape index (κ2) is 8.31. The predicted octanol–water partition coefficient (Wildman–Crippen LogP) is 3.43. The van der Waals surface area contributed by atoms with Gasteiger partial charge in [0.2, 0.25) is 5.91 Å². The average molecular weight is 366 g/mol. The molecular weight excluding hydrogens is 340 g/mol. The van der Waals surface area contributed by atoms with E-state index in [0.29, 0.717) is 12.1 Å². The number of anilines is 1. The Labute approximate surface area is 159 Å². The molecule has 2 unspecified atom stereocenters. The van der Waals surface area contributed by atoms with Crippen molar-refractivity contribution in [1.29, 1.82) is 0 Å². The van der Waals surface area contributed by atoms with Crippen LogP contribution in [0.1, 0.15) is 59.4 Å². The molecule has 1 aromatic carbocycles. The fraction of sp³-hybridized carbons (Fsp3) is 0.381. The number of carbonyl (C=O) groups excluding carboxylic acids is 2. The highest BCUT2D eigenvalue weighted by Crippen LogP contribution is 2.33. The molecule has 0 bridgehead atoms. The lowest BCUT2D eigenvalue weighted by Gasteiger charge is -2.33. The number of rotatable bonds is 5. The third kappa shape index (κ3) is 4.52. The predicted molar refractivity (Wildman–Crippen MR) is 105 cm³/mol. The average Bonchev–Trinajstić information content (AvgIpc) is 2.63. The Morgan fingerprint density at radius 3 is 2.74 bits per heavy atom. The normalized spacial score (nSPS) is 19.4. The van der Waals surface area contributed by atoms with E-state index in [4.69, 9.17) is 0 Å². The van der Waals surface area contributed by atoms with Crippen LogP contribution in [0.15, 0.2) is 36.5 Å². The summed E-state index contributed by atoms with van der Waals surface area (Å²) in [5.74, 6) is 0.0746. The highest BCUT2D eigenvalue weighted by Gasteiger charge is 2.30. The Bertz CT molecular complexity index is 833. The minimum Gasteiger partial charge on any atom is -0.321 e. The van der Waals surface area contributed by atoms with E-state index < -0.39 is 0 Å². The Balaban J connectivity index is 1.76. The molecule has 1 aliphatic rings. The molecule has 6 nitrogen and oxygen atoms in total. The van der Waals surface area contributed by atoms with Crippen LogP contribution in [0.25, 0.3) is 0 Å². The summed E-state index contributed by atoms with van der Waals surface area (Å²) >= 11 is 0. The summed E-state index contributed by atoms with van der Waals surface area (Å²) in [6.45, 7) is 6.09. The Morgan fingerprint density at radius 1 is 1.26 bits per heavy atom. The molecule has 27 heavy (non-hydrogen) atoms. The number of aryl methyl sites for hydroxylation is 2. The van der Waals surface area contributed by atoms with Crippen molar-refractivity contribution in [2.75, 3.05) is 5.32 Å². The van der Waals surface area contributed by atoms with Crippen LogP contribution in [0.3, 0.4) is 0 Å². The topological polar surface area (TPSA) is 83.1 Å². The van der Waals surface area contributed by atoms with Gasteiger partial charge in [-0.15, -0.1) is 0 Å². The van der Waals surface area contributed by atoms with Crippen molar-refractivity contribution in [1.82, 2.24) is 15.8 Å². The van der Waals surface area contributed by atoms with E-state index in [-0.39, 0.29) is 23.8 Å². The zero-order chi connectivity index (χ0) is 19.4. The van der Waals surface area contributed by atoms with E-state index in [1.165, 1.54) is 0 Å². The van der Waals surface area contributed by atoms with Crippen LogP contribution >= 0.6 is 0 Å². The first-order valence-corrected chi connectivity index (χ1v) is 9.37. The molecule has 0 radical (unpaired) electrons. The third-order valence-corrected chi connectivity index (χ3v) is 4.95. The summed E-state index contributed by atoms with van der Waals surface area (Å²) in [4.78, 5) is 28.2. The number of carbonyl (C=O) groups is 2. The molecule has 0 aliphatic carbocycles. The lowest BCUT2D eigenvalue weighted by molar-refractivity contribution is -0.126. The van der Waals surface area contributed by atoms with Crippen molar-refractivity contribution in [2.24, 2.45) is 5.92 Å². The van der Waals surface area contributed by atoms with E-state index >= 15 is 0 Å². The van der Waals surface area contributed by atoms with E-state index in [1.54, 1.807) is 12.3 Å². The molecule has 0 spiro atoms. The SMILES string of the molecule is CCCC1CC(=O)NNC1c1ccc(NC(=O)c2ccc(C)cn2)cc1C. The Kier molecular flexibility index (Phi) is 5.86. The van der Waals surface area contributed by atoms with Crippen LogP contribution in [-0.2, 0) is 4.79 Å². The molecule has 6 heteroatoms. The first-order valence-electron chi connectivity index (χ1n) is 9.37. The van der Waals surface area contributed by atoms with Crippen LogP contribution in [0.5, 0.6) is 0 Å². The van der Waals surface area contributed by atoms with Gasteiger partial charge in [-0.3, -0.25) is 20.0 Å². The molecule has 1 aliphatic heterocycles. The highest BCUT2D eigenvalue weighted by atomic mass is 16.2. The van der Waals surface area contributed by atoms with E-state index in [1.807, 2.05) is 38.1 Å². The minimum absolute atomic E-state index is 0.0387. The molecular formula is C21H26N4O2. The molecule has 2 atom stereocenters. The van der Waals surface area contributed by atoms with Gasteiger partial charge >= 0.3 is 0 Å². The van der Waals surface area contributed by atoms with Gasteiger partial charge < -0.3 is 5.32 Å². The maximum Gasteiger partial charge on any atom is 0.274 e. The minimum atomic E-state index is -0.228. The van der Waals surface area contributed by atoms with Gasteiger partial charge in [-0.2, -0.15) is 0 Å². The molecule has 2 heterocycles. The van der Waals surface area contributed by atoms with Crippen molar-refractivity contribution < 1.29 is 9.59 Å². The zero-order valence-corrected chi connectivity index (χ0v) is 16.0. The van der Waals surface area contributed by atoms with Crippen molar-refractivity contribution in [3.05, 3.63) is 58.9 Å². The highest BCUT2D eigenvalue weighted by molar-refractivity contribution is 6.02. The fourth-order valence-electron chi connectivity index (χ4n) is 3.55. The van der Waals surface area contributed by atoms with Gasteiger partial charge in [-0.25, -0.2) is 5.43 Å². The molecule has 1 saturated heterocycles. The van der Waals surface area contributed by atoms with Gasteiger partial charge in [-0.1, -0.05) is 25.5 Å². The number of benzene rings is 1. The van der Waals surface area contributed by atoms with Crippen molar-refractivity contribution >= 4 is 17.5 Å². The third-order valence-electron chi connectivity index (χ3n) is 4.95. The summed E-state index contributed by atoms with van der Waals surface area (Å²) in [5.41, 5.74) is 10.3. The number of hydrogen-bond donors (Lipinski definition) is 3. The number of amides is 2. The van der Waals surface area contributed by atoms with Crippen LogP contribution < -0.4 is 16.2 Å². The standard InChI is InChI=1S/C21H26N4O2/c1-4-5-15-11-19(26)24-25-20(15)17-8-7-16(10-14(17)3)23-21(27)18-9-6-13(2)12-22-18/h6-10,12,15,20,25H,4-5,11H2,1-3H3,(H,23,27)(H,24,26). The summed E-state index contributed by atoms with van der Waals surface area (Å²) in [6.07, 6.45) is 4.23. The summed E-state index contributed by atoms with van der Waals surface area (Å²) in [5, 5.41) is 2.90. The van der Waals surface area contributed by atoms with Gasteiger partial charge in [0, 0.05) is 18.3 Å². The smallest absolute Gasteiger partial charge is 0.274 e. The molecule has 3 rings (SSSR count). The maximum atomic E-state index is 12.4. The fourth-order valence-corrected chi connectivity index (χ4v) is 3.55. The number of hydrogen-bond acceptors (Lipinski definition) is 4. The van der Waals surface area contributed by atoms with Crippen molar-refractivity contribution in [3.8, 4) is 0 Å². The second-order valence-electron chi connectivity index (χ2n) is 7.17. The Hall–Kier alpha value is -2.73. The van der Waals surface area contributed by atoms with Crippen LogP contribution in [-0.4, -0.2) is 16.8 Å². The van der Waals surface area contributed by atoms with Crippen LogP contribution in [0.2, 0.25) is 0 Å². The molecule has 1 fully saturated rings. The maximum absolute atomic E-state index is 12.4. The van der Waals surface area contributed by atoms with Crippen molar-refractivity contribution in [2.45, 2.75) is 46.1 Å². The first kappa shape index (κ1) is 19.0. The lowest BCUT2D eigenvalue weighted by Crippen LogP contribution is -2.49. The number of nitrogens with one attached hydrogen (secondary N) is 3. The molecule has 1 aromatic heterocycles. The number of aromatic nitrogens is 1. The first-order chi connectivity index (χ1) is 13.0. The molecule has 3 N–H and O–H groups in total. The largest absolute Gasteiger partial charge is 0.321 e. The van der Waals surface area contributed by atoms with Gasteiger partial charge in [-0.05, 0) is 61.1 Å². The van der Waals surface area contributed by atoms with E-state index in [9.17, 15) is 9.59 Å². The number of nitrogens with zero attached hydrogens (tertiary/aromatic N) is 1. The van der Waals surface area contributed by atoms with Gasteiger partial charge in [0.1, 0.15) is 5.69 Å². The van der Waals surface area contributed by atoms with Crippen molar-refractivity contribution in [3.63, 3.8) is 0 Å². The Morgan fingerprint density at radius 2 is 2.07 bits per heavy atom. The molecule has 142 valence electrons. The van der Waals surface area contributed by atoms with E-state index in [0.717, 1.165) is 35.2 Å². The summed E-state index contributed by atoms with van der Waals surface area (Å²) in [6, 6.07) is 9.54. The summed E-state index contributed by atoms with van der Waals surface area (Å²) < 4.78 is 0. The second-order valence-corrected chi connectivity index (χ2v) is 7.17. The molecule has 2 amide bonds. The zero-order valence-electron chi connectivity index (χ0n) is 16.0. The van der Waals surface area contributed by atoms with Crippen LogP contribution in [0, 0.1) is 19.8 Å². The van der Waals surface area contributed by atoms with Gasteiger partial charge in [0.15, 0.2) is 0 Å².